The third kappa shape index (κ3) is 3.08. The molecule has 0 saturated carbocycles. The highest BCUT2D eigenvalue weighted by Crippen LogP contribution is 2.38. The summed E-state index contributed by atoms with van der Waals surface area (Å²) in [6.45, 7) is 1.55. The van der Waals surface area contributed by atoms with E-state index in [9.17, 15) is 4.79 Å². The van der Waals surface area contributed by atoms with Crippen LogP contribution in [0.1, 0.15) is 36.2 Å². The van der Waals surface area contributed by atoms with Crippen LogP contribution in [0.15, 0.2) is 42.9 Å². The molecule has 5 atom stereocenters. The Hall–Kier alpha value is -2.39. The quantitative estimate of drug-likeness (QED) is 0.612. The lowest BCUT2D eigenvalue weighted by Gasteiger charge is -2.34. The fraction of sp³-hybridized carbons (Fsp3) is 0.450. The SMILES string of the molecule is N[C@H]1CCN(c2ccc(C3NNC4CNC(c5cccnc5)CC43)nc2)C1=O. The van der Waals surface area contributed by atoms with Gasteiger partial charge in [0.15, 0.2) is 0 Å². The zero-order valence-electron chi connectivity index (χ0n) is 15.6. The normalized spacial score (nSPS) is 32.5. The van der Waals surface area contributed by atoms with Gasteiger partial charge in [0.2, 0.25) is 5.91 Å². The van der Waals surface area contributed by atoms with Crippen LogP contribution in [0.25, 0.3) is 0 Å². The molecule has 3 fully saturated rings. The second kappa shape index (κ2) is 7.21. The lowest BCUT2D eigenvalue weighted by atomic mass is 9.81. The highest BCUT2D eigenvalue weighted by atomic mass is 16.2. The molecule has 4 unspecified atom stereocenters. The topological polar surface area (TPSA) is 108 Å². The van der Waals surface area contributed by atoms with Gasteiger partial charge in [-0.15, -0.1) is 0 Å². The third-order valence-corrected chi connectivity index (χ3v) is 6.20. The number of anilines is 1. The Morgan fingerprint density at radius 2 is 2.11 bits per heavy atom. The first-order valence-corrected chi connectivity index (χ1v) is 9.88. The van der Waals surface area contributed by atoms with Gasteiger partial charge in [-0.1, -0.05) is 6.07 Å². The van der Waals surface area contributed by atoms with Crippen molar-refractivity contribution in [2.24, 2.45) is 11.7 Å². The first kappa shape index (κ1) is 17.7. The molecule has 0 spiro atoms. The molecule has 5 rings (SSSR count). The van der Waals surface area contributed by atoms with Gasteiger partial charge >= 0.3 is 0 Å². The summed E-state index contributed by atoms with van der Waals surface area (Å²) < 4.78 is 0. The molecule has 0 aromatic carbocycles. The van der Waals surface area contributed by atoms with Gasteiger partial charge < -0.3 is 16.0 Å². The molecule has 1 amide bonds. The second-order valence-corrected chi connectivity index (χ2v) is 7.85. The van der Waals surface area contributed by atoms with Gasteiger partial charge in [0.05, 0.1) is 29.7 Å². The van der Waals surface area contributed by atoms with Crippen molar-refractivity contribution in [2.75, 3.05) is 18.0 Å². The predicted molar refractivity (Wildman–Crippen MR) is 105 cm³/mol. The molecule has 2 aromatic rings. The molecule has 3 aliphatic heterocycles. The number of hydrogen-bond donors (Lipinski definition) is 4. The van der Waals surface area contributed by atoms with Crippen LogP contribution in [0, 0.1) is 5.92 Å². The van der Waals surface area contributed by atoms with E-state index in [2.05, 4.69) is 32.2 Å². The Morgan fingerprint density at radius 3 is 2.82 bits per heavy atom. The number of amides is 1. The van der Waals surface area contributed by atoms with E-state index >= 15 is 0 Å². The highest BCUT2D eigenvalue weighted by Gasteiger charge is 2.42. The molecule has 8 heteroatoms. The van der Waals surface area contributed by atoms with Crippen molar-refractivity contribution in [3.05, 3.63) is 54.1 Å². The van der Waals surface area contributed by atoms with Crippen LogP contribution >= 0.6 is 0 Å². The Bertz CT molecular complexity index is 843. The molecular formula is C20H25N7O. The van der Waals surface area contributed by atoms with E-state index in [4.69, 9.17) is 5.73 Å². The number of fused-ring (bicyclic) bond motifs is 1. The molecule has 2 aromatic heterocycles. The number of carbonyl (C=O) groups is 1. The minimum Gasteiger partial charge on any atom is -0.320 e. The summed E-state index contributed by atoms with van der Waals surface area (Å²) in [7, 11) is 0. The molecule has 0 bridgehead atoms. The maximum atomic E-state index is 12.1. The van der Waals surface area contributed by atoms with Crippen LogP contribution in [0.5, 0.6) is 0 Å². The molecule has 28 heavy (non-hydrogen) atoms. The Morgan fingerprint density at radius 1 is 1.18 bits per heavy atom. The Balaban J connectivity index is 1.33. The smallest absolute Gasteiger partial charge is 0.244 e. The van der Waals surface area contributed by atoms with E-state index in [1.54, 1.807) is 17.3 Å². The molecule has 5 N–H and O–H groups in total. The van der Waals surface area contributed by atoms with Gasteiger partial charge in [0, 0.05) is 43.5 Å². The first-order valence-electron chi connectivity index (χ1n) is 9.88. The maximum absolute atomic E-state index is 12.1. The summed E-state index contributed by atoms with van der Waals surface area (Å²) in [5.74, 6) is 0.402. The highest BCUT2D eigenvalue weighted by molar-refractivity contribution is 5.99. The summed E-state index contributed by atoms with van der Waals surface area (Å²) in [6.07, 6.45) is 7.23. The summed E-state index contributed by atoms with van der Waals surface area (Å²) in [5, 5.41) is 3.62. The third-order valence-electron chi connectivity index (χ3n) is 6.20. The number of hydrazine groups is 1. The van der Waals surface area contributed by atoms with Crippen LogP contribution in [-0.2, 0) is 4.79 Å². The van der Waals surface area contributed by atoms with Crippen LogP contribution in [-0.4, -0.2) is 41.0 Å². The van der Waals surface area contributed by atoms with E-state index in [0.29, 0.717) is 31.0 Å². The van der Waals surface area contributed by atoms with E-state index in [0.717, 1.165) is 24.3 Å². The van der Waals surface area contributed by atoms with E-state index in [1.165, 1.54) is 5.56 Å². The van der Waals surface area contributed by atoms with Gasteiger partial charge in [0.1, 0.15) is 0 Å². The number of pyridine rings is 2. The van der Waals surface area contributed by atoms with Gasteiger partial charge in [-0.25, -0.2) is 5.43 Å². The Labute approximate surface area is 163 Å². The number of piperidine rings is 1. The number of nitrogens with zero attached hydrogens (tertiary/aromatic N) is 3. The van der Waals surface area contributed by atoms with Gasteiger partial charge in [0.25, 0.3) is 0 Å². The second-order valence-electron chi connectivity index (χ2n) is 7.85. The standard InChI is InChI=1S/C20H25N7O/c21-15-5-7-27(20(15)28)13-3-4-16(23-10-13)19-14-8-17(12-2-1-6-22-9-12)24-11-18(14)25-26-19/h1-4,6,9-10,14-15,17-19,24-26H,5,7-8,11,21H2/t14?,15-,17?,18?,19?/m0/s1. The van der Waals surface area contributed by atoms with Crippen molar-refractivity contribution in [3.8, 4) is 0 Å². The van der Waals surface area contributed by atoms with Gasteiger partial charge in [-0.2, -0.15) is 0 Å². The largest absolute Gasteiger partial charge is 0.320 e. The minimum absolute atomic E-state index is 0.0204. The first-order chi connectivity index (χ1) is 13.7. The monoisotopic (exact) mass is 379 g/mol. The fourth-order valence-corrected chi connectivity index (χ4v) is 4.60. The lowest BCUT2D eigenvalue weighted by Crippen LogP contribution is -2.46. The molecule has 5 heterocycles. The van der Waals surface area contributed by atoms with Gasteiger partial charge in [-0.3, -0.25) is 20.2 Å². The van der Waals surface area contributed by atoms with E-state index in [-0.39, 0.29) is 18.0 Å². The molecule has 0 radical (unpaired) electrons. The number of nitrogens with two attached hydrogens (primary N) is 1. The molecular weight excluding hydrogens is 354 g/mol. The average molecular weight is 379 g/mol. The van der Waals surface area contributed by atoms with E-state index in [1.807, 2.05) is 24.4 Å². The Kier molecular flexibility index (Phi) is 4.56. The zero-order valence-corrected chi connectivity index (χ0v) is 15.6. The molecule has 3 aliphatic rings. The number of rotatable bonds is 3. The van der Waals surface area contributed by atoms with E-state index < -0.39 is 0 Å². The minimum atomic E-state index is -0.389. The summed E-state index contributed by atoms with van der Waals surface area (Å²) in [4.78, 5) is 22.8. The number of nitrogens with one attached hydrogen (secondary N) is 3. The van der Waals surface area contributed by atoms with Crippen molar-refractivity contribution in [3.63, 3.8) is 0 Å². The van der Waals surface area contributed by atoms with Crippen molar-refractivity contribution in [2.45, 2.75) is 37.0 Å². The van der Waals surface area contributed by atoms with Crippen molar-refractivity contribution in [1.82, 2.24) is 26.1 Å². The summed E-state index contributed by atoms with van der Waals surface area (Å²) >= 11 is 0. The van der Waals surface area contributed by atoms with Crippen LogP contribution < -0.4 is 26.8 Å². The number of aromatic nitrogens is 2. The van der Waals surface area contributed by atoms with Gasteiger partial charge in [-0.05, 0) is 36.6 Å². The van der Waals surface area contributed by atoms with Crippen molar-refractivity contribution >= 4 is 11.6 Å². The summed E-state index contributed by atoms with van der Waals surface area (Å²) in [6, 6.07) is 8.51. The lowest BCUT2D eigenvalue weighted by molar-refractivity contribution is -0.118. The molecule has 8 nitrogen and oxygen atoms in total. The average Bonchev–Trinajstić information content (AvgIpc) is 3.32. The molecule has 0 aliphatic carbocycles. The number of carbonyl (C=O) groups excluding carboxylic acids is 1. The predicted octanol–water partition coefficient (Wildman–Crippen LogP) is 0.409. The zero-order chi connectivity index (χ0) is 19.1. The summed E-state index contributed by atoms with van der Waals surface area (Å²) in [5.41, 5.74) is 15.7. The molecule has 3 saturated heterocycles. The van der Waals surface area contributed by atoms with Crippen LogP contribution in [0.4, 0.5) is 5.69 Å². The van der Waals surface area contributed by atoms with Crippen LogP contribution in [0.2, 0.25) is 0 Å². The number of hydrogen-bond acceptors (Lipinski definition) is 7. The maximum Gasteiger partial charge on any atom is 0.244 e. The van der Waals surface area contributed by atoms with Crippen LogP contribution in [0.3, 0.4) is 0 Å². The fourth-order valence-electron chi connectivity index (χ4n) is 4.60. The molecule has 146 valence electrons. The van der Waals surface area contributed by atoms with Crippen molar-refractivity contribution in [1.29, 1.82) is 0 Å². The van der Waals surface area contributed by atoms with Crippen molar-refractivity contribution < 1.29 is 4.79 Å².